The van der Waals surface area contributed by atoms with Gasteiger partial charge in [-0.2, -0.15) is 0 Å². The first-order valence-electron chi connectivity index (χ1n) is 8.40. The van der Waals surface area contributed by atoms with Crippen molar-refractivity contribution in [3.8, 4) is 0 Å². The number of anilines is 1. The quantitative estimate of drug-likeness (QED) is 0.440. The third kappa shape index (κ3) is 5.96. The minimum Gasteiger partial charge on any atom is -0.382 e. The lowest BCUT2D eigenvalue weighted by atomic mass is 9.84. The third-order valence-electron chi connectivity index (χ3n) is 4.52. The second kappa shape index (κ2) is 8.61. The summed E-state index contributed by atoms with van der Waals surface area (Å²) in [7, 11) is -3.76. The van der Waals surface area contributed by atoms with Gasteiger partial charge in [-0.15, -0.1) is 0 Å². The average Bonchev–Trinajstić information content (AvgIpc) is 2.59. The molecule has 1 fully saturated rings. The molecule has 140 valence electrons. The summed E-state index contributed by atoms with van der Waals surface area (Å²) in [6.07, 6.45) is 5.09. The fourth-order valence-electron chi connectivity index (χ4n) is 3.07. The van der Waals surface area contributed by atoms with Gasteiger partial charge in [0.15, 0.2) is 0 Å². The van der Waals surface area contributed by atoms with Crippen molar-refractivity contribution in [3.05, 3.63) is 24.3 Å². The van der Waals surface area contributed by atoms with E-state index >= 15 is 0 Å². The number of hydrogen-bond acceptors (Lipinski definition) is 6. The SMILES string of the molecule is N[C@H](CC1CCCCC1)C(O)C(=O)NNc1ccc(S(N)(=O)=O)cc1. The van der Waals surface area contributed by atoms with Gasteiger partial charge in [0.1, 0.15) is 6.10 Å². The Morgan fingerprint density at radius 3 is 2.36 bits per heavy atom. The summed E-state index contributed by atoms with van der Waals surface area (Å²) < 4.78 is 22.4. The number of primary sulfonamides is 1. The highest BCUT2D eigenvalue weighted by atomic mass is 32.2. The molecule has 9 heteroatoms. The molecule has 1 aliphatic carbocycles. The lowest BCUT2D eigenvalue weighted by molar-refractivity contribution is -0.130. The second-order valence-electron chi connectivity index (χ2n) is 6.53. The molecule has 1 aromatic carbocycles. The lowest BCUT2D eigenvalue weighted by Gasteiger charge is -2.26. The van der Waals surface area contributed by atoms with Gasteiger partial charge >= 0.3 is 0 Å². The van der Waals surface area contributed by atoms with Crippen LogP contribution in [0.25, 0.3) is 0 Å². The lowest BCUT2D eigenvalue weighted by Crippen LogP contribution is -2.48. The van der Waals surface area contributed by atoms with Crippen LogP contribution in [-0.4, -0.2) is 31.6 Å². The van der Waals surface area contributed by atoms with Crippen LogP contribution in [0.3, 0.4) is 0 Å². The average molecular weight is 370 g/mol. The van der Waals surface area contributed by atoms with Crippen LogP contribution in [0.15, 0.2) is 29.2 Å². The van der Waals surface area contributed by atoms with Crippen molar-refractivity contribution in [1.29, 1.82) is 0 Å². The van der Waals surface area contributed by atoms with Crippen LogP contribution in [0.1, 0.15) is 38.5 Å². The van der Waals surface area contributed by atoms with E-state index in [1.54, 1.807) is 0 Å². The van der Waals surface area contributed by atoms with Crippen molar-refractivity contribution in [2.75, 3.05) is 5.43 Å². The zero-order valence-electron chi connectivity index (χ0n) is 14.0. The summed E-state index contributed by atoms with van der Waals surface area (Å²) in [6, 6.07) is 4.92. The molecule has 2 rings (SSSR count). The molecule has 1 unspecified atom stereocenters. The van der Waals surface area contributed by atoms with Gasteiger partial charge in [-0.3, -0.25) is 15.6 Å². The van der Waals surface area contributed by atoms with Gasteiger partial charge in [-0.1, -0.05) is 32.1 Å². The summed E-state index contributed by atoms with van der Waals surface area (Å²) in [6.45, 7) is 0. The van der Waals surface area contributed by atoms with Crippen molar-refractivity contribution >= 4 is 21.6 Å². The van der Waals surface area contributed by atoms with E-state index in [1.165, 1.54) is 43.5 Å². The van der Waals surface area contributed by atoms with Crippen molar-refractivity contribution in [2.24, 2.45) is 16.8 Å². The molecule has 25 heavy (non-hydrogen) atoms. The molecule has 1 aliphatic rings. The molecule has 8 nitrogen and oxygen atoms in total. The predicted octanol–water partition coefficient (Wildman–Crippen LogP) is 0.436. The van der Waals surface area contributed by atoms with E-state index in [2.05, 4.69) is 10.9 Å². The van der Waals surface area contributed by atoms with Crippen LogP contribution in [-0.2, 0) is 14.8 Å². The standard InChI is InChI=1S/C16H26N4O4S/c17-14(10-11-4-2-1-3-5-11)15(21)16(22)20-19-12-6-8-13(9-7-12)25(18,23)24/h6-9,11,14-15,19,21H,1-5,10,17H2,(H,20,22)(H2,18,23,24)/t14-,15?/m1/s1. The monoisotopic (exact) mass is 370 g/mol. The van der Waals surface area contributed by atoms with Gasteiger partial charge < -0.3 is 10.8 Å². The maximum Gasteiger partial charge on any atom is 0.268 e. The minimum atomic E-state index is -3.76. The number of carbonyl (C=O) groups is 1. The van der Waals surface area contributed by atoms with E-state index < -0.39 is 28.1 Å². The van der Waals surface area contributed by atoms with Gasteiger partial charge in [0, 0.05) is 6.04 Å². The van der Waals surface area contributed by atoms with E-state index in [0.29, 0.717) is 18.0 Å². The molecule has 1 amide bonds. The molecule has 0 saturated heterocycles. The number of nitrogens with two attached hydrogens (primary N) is 2. The highest BCUT2D eigenvalue weighted by molar-refractivity contribution is 7.89. The summed E-state index contributed by atoms with van der Waals surface area (Å²) >= 11 is 0. The Bertz CT molecular complexity index is 672. The van der Waals surface area contributed by atoms with Crippen LogP contribution in [0.2, 0.25) is 0 Å². The maximum absolute atomic E-state index is 12.0. The summed E-state index contributed by atoms with van der Waals surface area (Å²) in [5.74, 6) is -0.163. The predicted molar refractivity (Wildman–Crippen MR) is 94.8 cm³/mol. The van der Waals surface area contributed by atoms with Crippen molar-refractivity contribution in [3.63, 3.8) is 0 Å². The van der Waals surface area contributed by atoms with Crippen molar-refractivity contribution in [1.82, 2.24) is 5.43 Å². The second-order valence-corrected chi connectivity index (χ2v) is 8.09. The number of sulfonamides is 1. The van der Waals surface area contributed by atoms with Crippen LogP contribution >= 0.6 is 0 Å². The van der Waals surface area contributed by atoms with E-state index in [-0.39, 0.29) is 4.90 Å². The molecule has 0 spiro atoms. The highest BCUT2D eigenvalue weighted by Crippen LogP contribution is 2.27. The van der Waals surface area contributed by atoms with Crippen molar-refractivity contribution < 1.29 is 18.3 Å². The minimum absolute atomic E-state index is 0.0288. The molecular weight excluding hydrogens is 344 g/mol. The van der Waals surface area contributed by atoms with Gasteiger partial charge in [0.2, 0.25) is 10.0 Å². The van der Waals surface area contributed by atoms with Gasteiger partial charge in [0.05, 0.1) is 10.6 Å². The first-order valence-corrected chi connectivity index (χ1v) is 9.94. The molecular formula is C16H26N4O4S. The smallest absolute Gasteiger partial charge is 0.268 e. The number of hydrogen-bond donors (Lipinski definition) is 5. The summed E-state index contributed by atoms with van der Waals surface area (Å²) in [4.78, 5) is 12.0. The van der Waals surface area contributed by atoms with E-state index in [1.807, 2.05) is 0 Å². The number of carbonyl (C=O) groups excluding carboxylic acids is 1. The summed E-state index contributed by atoms with van der Waals surface area (Å²) in [5.41, 5.74) is 11.4. The maximum atomic E-state index is 12.0. The Labute approximate surface area is 148 Å². The molecule has 1 aromatic rings. The Hall–Kier alpha value is -1.68. The Morgan fingerprint density at radius 1 is 1.20 bits per heavy atom. The molecule has 0 radical (unpaired) electrons. The molecule has 7 N–H and O–H groups in total. The number of rotatable bonds is 7. The van der Waals surface area contributed by atoms with Gasteiger partial charge in [-0.25, -0.2) is 13.6 Å². The normalized spacial score (nSPS) is 18.4. The molecule has 2 atom stereocenters. The number of amides is 1. The Kier molecular flexibility index (Phi) is 6.77. The van der Waals surface area contributed by atoms with E-state index in [4.69, 9.17) is 10.9 Å². The molecule has 1 saturated carbocycles. The number of nitrogens with one attached hydrogen (secondary N) is 2. The van der Waals surface area contributed by atoms with Crippen molar-refractivity contribution in [2.45, 2.75) is 55.6 Å². The Balaban J connectivity index is 1.82. The number of aliphatic hydroxyl groups is 1. The zero-order valence-corrected chi connectivity index (χ0v) is 14.8. The van der Waals surface area contributed by atoms with Gasteiger partial charge in [0.25, 0.3) is 5.91 Å². The number of hydrazine groups is 1. The van der Waals surface area contributed by atoms with E-state index in [0.717, 1.165) is 12.8 Å². The fourth-order valence-corrected chi connectivity index (χ4v) is 3.58. The van der Waals surface area contributed by atoms with E-state index in [9.17, 15) is 18.3 Å². The highest BCUT2D eigenvalue weighted by Gasteiger charge is 2.26. The van der Waals surface area contributed by atoms with Crippen LogP contribution in [0, 0.1) is 5.92 Å². The molecule has 0 bridgehead atoms. The Morgan fingerprint density at radius 2 is 1.80 bits per heavy atom. The first-order chi connectivity index (χ1) is 11.8. The topological polar surface area (TPSA) is 148 Å². The number of benzene rings is 1. The van der Waals surface area contributed by atoms with Crippen LogP contribution in [0.5, 0.6) is 0 Å². The molecule has 0 aromatic heterocycles. The first kappa shape index (κ1) is 19.6. The fraction of sp³-hybridized carbons (Fsp3) is 0.562. The molecule has 0 aliphatic heterocycles. The zero-order chi connectivity index (χ0) is 18.4. The molecule has 0 heterocycles. The van der Waals surface area contributed by atoms with Crippen LogP contribution < -0.4 is 21.7 Å². The van der Waals surface area contributed by atoms with Gasteiger partial charge in [-0.05, 0) is 36.6 Å². The largest absolute Gasteiger partial charge is 0.382 e. The summed E-state index contributed by atoms with van der Waals surface area (Å²) in [5, 5.41) is 15.1. The third-order valence-corrected chi connectivity index (χ3v) is 5.45. The van der Waals surface area contributed by atoms with Crippen LogP contribution in [0.4, 0.5) is 5.69 Å². The number of aliphatic hydroxyl groups excluding tert-OH is 1.